The largest absolute Gasteiger partial charge is 0.409 e. The molecule has 9 heteroatoms. The second-order valence-corrected chi connectivity index (χ2v) is 5.64. The minimum atomic E-state index is -4.03. The molecular formula is C8H9BrFN3O3S. The quantitative estimate of drug-likeness (QED) is 0.326. The van der Waals surface area contributed by atoms with Gasteiger partial charge in [-0.1, -0.05) is 21.1 Å². The number of halogens is 2. The van der Waals surface area contributed by atoms with Gasteiger partial charge in [-0.3, -0.25) is 0 Å². The van der Waals surface area contributed by atoms with Gasteiger partial charge in [0.2, 0.25) is 10.0 Å². The van der Waals surface area contributed by atoms with Gasteiger partial charge in [-0.25, -0.2) is 17.5 Å². The van der Waals surface area contributed by atoms with Crippen molar-refractivity contribution in [1.82, 2.24) is 4.72 Å². The summed E-state index contributed by atoms with van der Waals surface area (Å²) in [7, 11) is -4.03. The zero-order valence-electron chi connectivity index (χ0n) is 8.39. The van der Waals surface area contributed by atoms with Crippen LogP contribution in [0, 0.1) is 5.82 Å². The van der Waals surface area contributed by atoms with E-state index in [1.54, 1.807) is 0 Å². The Labute approximate surface area is 105 Å². The summed E-state index contributed by atoms with van der Waals surface area (Å²) >= 11 is 3.01. The maximum Gasteiger partial charge on any atom is 0.243 e. The lowest BCUT2D eigenvalue weighted by Gasteiger charge is -2.06. The Kier molecular flexibility index (Phi) is 4.43. The Morgan fingerprint density at radius 1 is 1.59 bits per heavy atom. The molecule has 0 unspecified atom stereocenters. The minimum absolute atomic E-state index is 0.328. The van der Waals surface area contributed by atoms with Gasteiger partial charge in [0.1, 0.15) is 10.7 Å². The van der Waals surface area contributed by atoms with Gasteiger partial charge in [-0.2, -0.15) is 0 Å². The highest BCUT2D eigenvalue weighted by molar-refractivity contribution is 9.10. The fraction of sp³-hybridized carbons (Fsp3) is 0.125. The van der Waals surface area contributed by atoms with Gasteiger partial charge < -0.3 is 10.9 Å². The van der Waals surface area contributed by atoms with Crippen LogP contribution in [0.1, 0.15) is 0 Å². The number of nitrogens with one attached hydrogen (secondary N) is 1. The van der Waals surface area contributed by atoms with Crippen LogP contribution in [-0.4, -0.2) is 26.0 Å². The second-order valence-electron chi connectivity index (χ2n) is 2.99. The van der Waals surface area contributed by atoms with Crippen LogP contribution in [0.2, 0.25) is 0 Å². The van der Waals surface area contributed by atoms with Crippen molar-refractivity contribution in [3.05, 3.63) is 28.5 Å². The zero-order valence-corrected chi connectivity index (χ0v) is 10.8. The SMILES string of the molecule is N/C(CNS(=O)(=O)c1ccc(Br)cc1F)=N/O. The molecule has 0 aromatic heterocycles. The molecule has 94 valence electrons. The van der Waals surface area contributed by atoms with Crippen molar-refractivity contribution in [2.75, 3.05) is 6.54 Å². The number of amidine groups is 1. The number of benzene rings is 1. The van der Waals surface area contributed by atoms with Gasteiger partial charge in [0.05, 0.1) is 6.54 Å². The number of hydrogen-bond donors (Lipinski definition) is 3. The number of oxime groups is 1. The Morgan fingerprint density at radius 3 is 2.76 bits per heavy atom. The van der Waals surface area contributed by atoms with Gasteiger partial charge in [0, 0.05) is 4.47 Å². The van der Waals surface area contributed by atoms with Crippen molar-refractivity contribution >= 4 is 31.8 Å². The maximum atomic E-state index is 13.4. The molecule has 0 radical (unpaired) electrons. The molecule has 0 aliphatic carbocycles. The molecule has 0 saturated heterocycles. The van der Waals surface area contributed by atoms with Crippen molar-refractivity contribution in [3.8, 4) is 0 Å². The molecule has 0 fully saturated rings. The average Bonchev–Trinajstić information content (AvgIpc) is 2.25. The smallest absolute Gasteiger partial charge is 0.243 e. The summed E-state index contributed by atoms with van der Waals surface area (Å²) in [4.78, 5) is -0.508. The van der Waals surface area contributed by atoms with E-state index < -0.39 is 27.3 Å². The summed E-state index contributed by atoms with van der Waals surface area (Å²) in [5.41, 5.74) is 5.09. The first-order chi connectivity index (χ1) is 7.86. The molecule has 6 nitrogen and oxygen atoms in total. The maximum absolute atomic E-state index is 13.4. The standard InChI is InChI=1S/C8H9BrFN3O3S/c9-5-1-2-7(6(10)3-5)17(15,16)12-4-8(11)13-14/h1-3,12,14H,4H2,(H2,11,13). The molecule has 0 amide bonds. The van der Waals surface area contributed by atoms with Crippen LogP contribution >= 0.6 is 15.9 Å². The third-order valence-corrected chi connectivity index (χ3v) is 3.68. The summed E-state index contributed by atoms with van der Waals surface area (Å²) in [5.74, 6) is -1.22. The van der Waals surface area contributed by atoms with E-state index in [1.165, 1.54) is 6.07 Å². The monoisotopic (exact) mass is 325 g/mol. The van der Waals surface area contributed by atoms with Crippen LogP contribution in [0.3, 0.4) is 0 Å². The molecule has 1 rings (SSSR count). The highest BCUT2D eigenvalue weighted by atomic mass is 79.9. The number of rotatable bonds is 4. The van der Waals surface area contributed by atoms with E-state index in [9.17, 15) is 12.8 Å². The molecule has 0 saturated carbocycles. The summed E-state index contributed by atoms with van der Waals surface area (Å²) in [6, 6.07) is 3.52. The van der Waals surface area contributed by atoms with Crippen LogP contribution < -0.4 is 10.5 Å². The number of sulfonamides is 1. The third-order valence-electron chi connectivity index (χ3n) is 1.76. The molecule has 0 atom stereocenters. The van der Waals surface area contributed by atoms with E-state index in [0.717, 1.165) is 12.1 Å². The summed E-state index contributed by atoms with van der Waals surface area (Å²) in [6.07, 6.45) is 0. The van der Waals surface area contributed by atoms with E-state index in [-0.39, 0.29) is 5.84 Å². The lowest BCUT2D eigenvalue weighted by Crippen LogP contribution is -2.34. The van der Waals surface area contributed by atoms with E-state index in [4.69, 9.17) is 10.9 Å². The second kappa shape index (κ2) is 5.43. The van der Waals surface area contributed by atoms with Crippen molar-refractivity contribution in [2.45, 2.75) is 4.90 Å². The van der Waals surface area contributed by atoms with Crippen LogP contribution in [0.4, 0.5) is 4.39 Å². The molecular weight excluding hydrogens is 317 g/mol. The predicted molar refractivity (Wildman–Crippen MR) is 62.7 cm³/mol. The van der Waals surface area contributed by atoms with Crippen molar-refractivity contribution in [2.24, 2.45) is 10.9 Å². The number of hydrogen-bond acceptors (Lipinski definition) is 4. The van der Waals surface area contributed by atoms with Gasteiger partial charge in [0.25, 0.3) is 0 Å². The van der Waals surface area contributed by atoms with Crippen LogP contribution in [0.25, 0.3) is 0 Å². The normalized spacial score (nSPS) is 12.7. The van der Waals surface area contributed by atoms with Gasteiger partial charge in [-0.05, 0) is 18.2 Å². The fourth-order valence-corrected chi connectivity index (χ4v) is 2.36. The zero-order chi connectivity index (χ0) is 13.1. The molecule has 0 bridgehead atoms. The minimum Gasteiger partial charge on any atom is -0.409 e. The molecule has 0 aliphatic heterocycles. The number of nitrogens with zero attached hydrogens (tertiary/aromatic N) is 1. The summed E-state index contributed by atoms with van der Waals surface area (Å²) in [5, 5.41) is 10.8. The van der Waals surface area contributed by atoms with Crippen LogP contribution in [0.15, 0.2) is 32.7 Å². The highest BCUT2D eigenvalue weighted by Crippen LogP contribution is 2.18. The molecule has 4 N–H and O–H groups in total. The highest BCUT2D eigenvalue weighted by Gasteiger charge is 2.19. The summed E-state index contributed by atoms with van der Waals surface area (Å²) in [6.45, 7) is -0.408. The van der Waals surface area contributed by atoms with Crippen molar-refractivity contribution in [3.63, 3.8) is 0 Å². The molecule has 17 heavy (non-hydrogen) atoms. The molecule has 0 aliphatic rings. The Morgan fingerprint density at radius 2 is 2.24 bits per heavy atom. The topological polar surface area (TPSA) is 105 Å². The molecule has 0 spiro atoms. The van der Waals surface area contributed by atoms with E-state index in [1.807, 2.05) is 4.72 Å². The van der Waals surface area contributed by atoms with E-state index in [0.29, 0.717) is 4.47 Å². The molecule has 1 aromatic rings. The first kappa shape index (κ1) is 13.9. The third kappa shape index (κ3) is 3.65. The van der Waals surface area contributed by atoms with Crippen molar-refractivity contribution in [1.29, 1.82) is 0 Å². The lowest BCUT2D eigenvalue weighted by molar-refractivity contribution is 0.317. The summed E-state index contributed by atoms with van der Waals surface area (Å²) < 4.78 is 39.1. The first-order valence-corrected chi connectivity index (χ1v) is 6.55. The average molecular weight is 326 g/mol. The van der Waals surface area contributed by atoms with Crippen LogP contribution in [-0.2, 0) is 10.0 Å². The van der Waals surface area contributed by atoms with Gasteiger partial charge in [-0.15, -0.1) is 0 Å². The molecule has 1 aromatic carbocycles. The number of nitrogens with two attached hydrogens (primary N) is 1. The van der Waals surface area contributed by atoms with Gasteiger partial charge >= 0.3 is 0 Å². The van der Waals surface area contributed by atoms with Gasteiger partial charge in [0.15, 0.2) is 5.84 Å². The molecule has 0 heterocycles. The van der Waals surface area contributed by atoms with E-state index in [2.05, 4.69) is 21.1 Å². The van der Waals surface area contributed by atoms with Crippen LogP contribution in [0.5, 0.6) is 0 Å². The van der Waals surface area contributed by atoms with Crippen molar-refractivity contribution < 1.29 is 18.0 Å². The lowest BCUT2D eigenvalue weighted by atomic mass is 10.3. The Balaban J connectivity index is 2.98. The predicted octanol–water partition coefficient (Wildman–Crippen LogP) is 0.613. The first-order valence-electron chi connectivity index (χ1n) is 4.28. The fourth-order valence-electron chi connectivity index (χ4n) is 0.975. The Hall–Kier alpha value is -1.19. The Bertz CT molecular complexity index is 547. The van der Waals surface area contributed by atoms with E-state index >= 15 is 0 Å².